The third-order valence-electron chi connectivity index (χ3n) is 2.51. The van der Waals surface area contributed by atoms with E-state index < -0.39 is 0 Å². The molecule has 0 spiro atoms. The fourth-order valence-corrected chi connectivity index (χ4v) is 1.49. The van der Waals surface area contributed by atoms with Crippen LogP contribution in [0.25, 0.3) is 0 Å². The van der Waals surface area contributed by atoms with Gasteiger partial charge in [-0.25, -0.2) is 5.43 Å². The molecule has 1 heterocycles. The number of nitrogens with zero attached hydrogens (tertiary/aromatic N) is 2. The molecule has 0 fully saturated rings. The van der Waals surface area contributed by atoms with Crippen molar-refractivity contribution in [1.82, 2.24) is 10.4 Å². The summed E-state index contributed by atoms with van der Waals surface area (Å²) in [6, 6.07) is 10.0. The van der Waals surface area contributed by atoms with Gasteiger partial charge in [0.2, 0.25) is 0 Å². The number of amides is 1. The van der Waals surface area contributed by atoms with Crippen LogP contribution < -0.4 is 5.43 Å². The zero-order valence-corrected chi connectivity index (χ0v) is 10.4. The Bertz CT molecular complexity index is 609. The second-order valence-corrected chi connectivity index (χ2v) is 3.93. The number of pyridine rings is 1. The molecule has 1 aromatic carbocycles. The number of hydrogen-bond donors (Lipinski definition) is 2. The minimum absolute atomic E-state index is 0.158. The fourth-order valence-electron chi connectivity index (χ4n) is 1.49. The monoisotopic (exact) mass is 255 g/mol. The predicted molar refractivity (Wildman–Crippen MR) is 72.0 cm³/mol. The SMILES string of the molecule is CC(=NNC(=O)c1cccnc1)c1cccc(O)c1. The quantitative estimate of drug-likeness (QED) is 0.650. The molecule has 0 aliphatic rings. The Morgan fingerprint density at radius 2 is 2.05 bits per heavy atom. The Hall–Kier alpha value is -2.69. The van der Waals surface area contributed by atoms with Gasteiger partial charge in [-0.15, -0.1) is 0 Å². The maximum absolute atomic E-state index is 11.7. The number of phenolic OH excluding ortho intramolecular Hbond substituents is 1. The number of hydrogen-bond acceptors (Lipinski definition) is 4. The van der Waals surface area contributed by atoms with E-state index in [2.05, 4.69) is 15.5 Å². The van der Waals surface area contributed by atoms with Crippen LogP contribution in [0.15, 0.2) is 53.9 Å². The highest BCUT2D eigenvalue weighted by molar-refractivity contribution is 6.00. The van der Waals surface area contributed by atoms with Crippen molar-refractivity contribution in [3.8, 4) is 5.75 Å². The molecule has 19 heavy (non-hydrogen) atoms. The van der Waals surface area contributed by atoms with Crippen LogP contribution in [0, 0.1) is 0 Å². The van der Waals surface area contributed by atoms with Gasteiger partial charge in [-0.1, -0.05) is 12.1 Å². The van der Waals surface area contributed by atoms with Crippen molar-refractivity contribution in [3.63, 3.8) is 0 Å². The Morgan fingerprint density at radius 3 is 2.74 bits per heavy atom. The van der Waals surface area contributed by atoms with Crippen LogP contribution in [-0.4, -0.2) is 21.7 Å². The van der Waals surface area contributed by atoms with E-state index in [1.165, 1.54) is 6.20 Å². The molecule has 0 atom stereocenters. The molecule has 0 bridgehead atoms. The first kappa shape index (κ1) is 12.8. The number of rotatable bonds is 3. The van der Waals surface area contributed by atoms with E-state index in [1.807, 2.05) is 0 Å². The smallest absolute Gasteiger partial charge is 0.272 e. The van der Waals surface area contributed by atoms with Crippen LogP contribution in [-0.2, 0) is 0 Å². The van der Waals surface area contributed by atoms with Crippen LogP contribution in [0.1, 0.15) is 22.8 Å². The first-order valence-corrected chi connectivity index (χ1v) is 5.71. The topological polar surface area (TPSA) is 74.6 Å². The maximum atomic E-state index is 11.7. The minimum Gasteiger partial charge on any atom is -0.508 e. The Kier molecular flexibility index (Phi) is 3.87. The Labute approximate surface area is 110 Å². The minimum atomic E-state index is -0.326. The van der Waals surface area contributed by atoms with E-state index in [0.717, 1.165) is 5.56 Å². The average Bonchev–Trinajstić information content (AvgIpc) is 2.45. The lowest BCUT2D eigenvalue weighted by Gasteiger charge is -2.03. The van der Waals surface area contributed by atoms with Gasteiger partial charge < -0.3 is 5.11 Å². The first-order valence-electron chi connectivity index (χ1n) is 5.71. The van der Waals surface area contributed by atoms with Gasteiger partial charge in [0.25, 0.3) is 5.91 Å². The van der Waals surface area contributed by atoms with Gasteiger partial charge in [0.1, 0.15) is 5.75 Å². The molecule has 2 aromatic rings. The molecule has 0 aliphatic carbocycles. The van der Waals surface area contributed by atoms with Gasteiger partial charge in [-0.05, 0) is 31.2 Å². The molecule has 0 unspecified atom stereocenters. The van der Waals surface area contributed by atoms with Gasteiger partial charge >= 0.3 is 0 Å². The van der Waals surface area contributed by atoms with Crippen molar-refractivity contribution in [2.45, 2.75) is 6.92 Å². The van der Waals surface area contributed by atoms with Crippen molar-refractivity contribution in [3.05, 3.63) is 59.9 Å². The Morgan fingerprint density at radius 1 is 1.26 bits per heavy atom. The number of nitrogens with one attached hydrogen (secondary N) is 1. The summed E-state index contributed by atoms with van der Waals surface area (Å²) in [7, 11) is 0. The standard InChI is InChI=1S/C14H13N3O2/c1-10(11-4-2-6-13(18)8-11)16-17-14(19)12-5-3-7-15-9-12/h2-9,18H,1H3,(H,17,19). The lowest BCUT2D eigenvalue weighted by atomic mass is 10.1. The van der Waals surface area contributed by atoms with Crippen molar-refractivity contribution in [2.75, 3.05) is 0 Å². The molecule has 0 aliphatic heterocycles. The number of benzene rings is 1. The summed E-state index contributed by atoms with van der Waals surface area (Å²) in [6.45, 7) is 1.75. The van der Waals surface area contributed by atoms with E-state index in [0.29, 0.717) is 11.3 Å². The lowest BCUT2D eigenvalue weighted by Crippen LogP contribution is -2.19. The van der Waals surface area contributed by atoms with Crippen molar-refractivity contribution >= 4 is 11.6 Å². The van der Waals surface area contributed by atoms with Crippen molar-refractivity contribution in [1.29, 1.82) is 0 Å². The zero-order chi connectivity index (χ0) is 13.7. The largest absolute Gasteiger partial charge is 0.508 e. The fraction of sp³-hybridized carbons (Fsp3) is 0.0714. The molecule has 0 saturated heterocycles. The summed E-state index contributed by atoms with van der Waals surface area (Å²) in [4.78, 5) is 15.6. The second-order valence-electron chi connectivity index (χ2n) is 3.93. The Balaban J connectivity index is 2.09. The lowest BCUT2D eigenvalue weighted by molar-refractivity contribution is 0.0954. The number of aromatic hydroxyl groups is 1. The van der Waals surface area contributed by atoms with Gasteiger partial charge in [-0.2, -0.15) is 5.10 Å². The third-order valence-corrected chi connectivity index (χ3v) is 2.51. The van der Waals surface area contributed by atoms with E-state index >= 15 is 0 Å². The van der Waals surface area contributed by atoms with Crippen molar-refractivity contribution < 1.29 is 9.90 Å². The highest BCUT2D eigenvalue weighted by atomic mass is 16.3. The van der Waals surface area contributed by atoms with Crippen molar-refractivity contribution in [2.24, 2.45) is 5.10 Å². The highest BCUT2D eigenvalue weighted by Gasteiger charge is 2.04. The summed E-state index contributed by atoms with van der Waals surface area (Å²) in [5, 5.41) is 13.4. The van der Waals surface area contributed by atoms with E-state index in [1.54, 1.807) is 49.5 Å². The van der Waals surface area contributed by atoms with Crippen LogP contribution in [0.2, 0.25) is 0 Å². The molecular weight excluding hydrogens is 242 g/mol. The molecule has 5 heteroatoms. The summed E-state index contributed by atoms with van der Waals surface area (Å²) < 4.78 is 0. The van der Waals surface area contributed by atoms with E-state index in [9.17, 15) is 9.90 Å². The summed E-state index contributed by atoms with van der Waals surface area (Å²) >= 11 is 0. The molecule has 1 aromatic heterocycles. The van der Waals surface area contributed by atoms with Crippen LogP contribution in [0.5, 0.6) is 5.75 Å². The predicted octanol–water partition coefficient (Wildman–Crippen LogP) is 1.94. The van der Waals surface area contributed by atoms with Gasteiger partial charge in [0.05, 0.1) is 11.3 Å². The number of hydrazone groups is 1. The molecule has 96 valence electrons. The first-order chi connectivity index (χ1) is 9.16. The molecule has 2 N–H and O–H groups in total. The number of aromatic nitrogens is 1. The van der Waals surface area contributed by atoms with Gasteiger partial charge in [0, 0.05) is 18.0 Å². The highest BCUT2D eigenvalue weighted by Crippen LogP contribution is 2.11. The zero-order valence-electron chi connectivity index (χ0n) is 10.4. The van der Waals surface area contributed by atoms with Crippen LogP contribution in [0.4, 0.5) is 0 Å². The summed E-state index contributed by atoms with van der Waals surface area (Å²) in [6.07, 6.45) is 3.06. The molecule has 2 rings (SSSR count). The summed E-state index contributed by atoms with van der Waals surface area (Å²) in [5.41, 5.74) is 4.23. The van der Waals surface area contributed by atoms with E-state index in [4.69, 9.17) is 0 Å². The normalized spacial score (nSPS) is 11.1. The third kappa shape index (κ3) is 3.38. The van der Waals surface area contributed by atoms with Crippen LogP contribution >= 0.6 is 0 Å². The number of carbonyl (C=O) groups is 1. The maximum Gasteiger partial charge on any atom is 0.272 e. The molecular formula is C14H13N3O2. The molecule has 5 nitrogen and oxygen atoms in total. The number of carbonyl (C=O) groups excluding carboxylic acids is 1. The number of phenols is 1. The second kappa shape index (κ2) is 5.77. The van der Waals surface area contributed by atoms with Gasteiger partial charge in [-0.3, -0.25) is 9.78 Å². The molecule has 1 amide bonds. The average molecular weight is 255 g/mol. The molecule has 0 radical (unpaired) electrons. The van der Waals surface area contributed by atoms with Crippen LogP contribution in [0.3, 0.4) is 0 Å². The molecule has 0 saturated carbocycles. The summed E-state index contributed by atoms with van der Waals surface area (Å²) in [5.74, 6) is -0.168. The van der Waals surface area contributed by atoms with Gasteiger partial charge in [0.15, 0.2) is 0 Å². The van der Waals surface area contributed by atoms with E-state index in [-0.39, 0.29) is 11.7 Å².